The Balaban J connectivity index is 0.000000123. The number of hydrogen-bond donors (Lipinski definition) is 11. The van der Waals surface area contributed by atoms with Crippen LogP contribution in [0.5, 0.6) is 11.5 Å². The van der Waals surface area contributed by atoms with E-state index in [1.54, 1.807) is 90.7 Å². The molecule has 18 aromatic rings. The number of benzene rings is 11. The molecule has 32 heteroatoms. The van der Waals surface area contributed by atoms with Crippen molar-refractivity contribution in [2.75, 3.05) is 52.7 Å². The van der Waals surface area contributed by atoms with E-state index in [9.17, 15) is 29.1 Å². The number of anilines is 11. The third kappa shape index (κ3) is 18.8. The van der Waals surface area contributed by atoms with Crippen LogP contribution in [0, 0.1) is 6.92 Å². The molecule has 7 heterocycles. The fourth-order valence-electron chi connectivity index (χ4n) is 12.2. The maximum absolute atomic E-state index is 11.9. The van der Waals surface area contributed by atoms with Crippen molar-refractivity contribution in [3.05, 3.63) is 301 Å². The minimum absolute atomic E-state index is 0.0528. The van der Waals surface area contributed by atoms with Gasteiger partial charge in [0.1, 0.15) is 17.3 Å². The smallest absolute Gasteiger partial charge is 0.271 e. The van der Waals surface area contributed by atoms with Gasteiger partial charge >= 0.3 is 0 Å². The van der Waals surface area contributed by atoms with E-state index in [-0.39, 0.29) is 40.0 Å². The Kier molecular flexibility index (Phi) is 23.5. The summed E-state index contributed by atoms with van der Waals surface area (Å²) >= 11 is 1.55. The molecule has 7 aromatic heterocycles. The number of fused-ring (bicyclic) bond motifs is 7. The summed E-state index contributed by atoms with van der Waals surface area (Å²) in [6.45, 7) is 1.97. The van der Waals surface area contributed by atoms with Crippen molar-refractivity contribution in [2.45, 2.75) is 6.92 Å². The Morgan fingerprint density at radius 3 is 1.06 bits per heavy atom. The van der Waals surface area contributed by atoms with Gasteiger partial charge in [-0.3, -0.25) is 28.5 Å². The number of aromatic hydroxyl groups is 1. The van der Waals surface area contributed by atoms with Gasteiger partial charge in [0.05, 0.1) is 89.0 Å². The van der Waals surface area contributed by atoms with Crippen molar-refractivity contribution < 1.29 is 33.8 Å². The van der Waals surface area contributed by atoms with Gasteiger partial charge in [0.25, 0.3) is 29.5 Å². The SMILES string of the molecule is CN(C)c1ccc(Nc2nc3ccccc3nc2C(N)=O)cc1.COc1ccc(Nc2nc3ccccc3nc2C(N)=O)cc1.Cc1nc2cc(Nc3nc4ccccc4nc3C(N)=O)ccc2n1-c1ccccc1.NC(=O)c1nc2ccccc2nc1Nc1ccc2ncsc2c1.NC(=O)c1nc2ccccc2nc1Nc1cccc(O)c1. The largest absolute Gasteiger partial charge is 0.508 e. The van der Waals surface area contributed by atoms with E-state index in [0.717, 1.165) is 66.9 Å². The van der Waals surface area contributed by atoms with E-state index in [1.165, 1.54) is 6.07 Å². The molecule has 0 unspecified atom stereocenters. The maximum Gasteiger partial charge on any atom is 0.271 e. The van der Waals surface area contributed by atoms with Crippen LogP contribution < -0.4 is 64.9 Å². The third-order valence-electron chi connectivity index (χ3n) is 17.8. The van der Waals surface area contributed by atoms with Crippen LogP contribution in [0.4, 0.5) is 63.2 Å². The van der Waals surface area contributed by atoms with Crippen LogP contribution in [0.1, 0.15) is 58.3 Å². The maximum atomic E-state index is 11.9. The summed E-state index contributed by atoms with van der Waals surface area (Å²) in [7, 11) is 5.55. The van der Waals surface area contributed by atoms with Crippen molar-refractivity contribution in [3.8, 4) is 17.2 Å². The lowest BCUT2D eigenvalue weighted by Crippen LogP contribution is -2.16. The first-order valence-electron chi connectivity index (χ1n) is 36.4. The first-order valence-corrected chi connectivity index (χ1v) is 37.3. The summed E-state index contributed by atoms with van der Waals surface area (Å²) in [5.74, 6) is 0.166. The molecule has 31 nitrogen and oxygen atoms in total. The van der Waals surface area contributed by atoms with Gasteiger partial charge in [-0.2, -0.15) is 0 Å². The standard InChI is InChI=1S/C23H18N6O.C17H17N5O.C16H11N5OS.C16H14N4O2.C15H12N4O2/c1-14-25-19-13-15(11-12-20(19)29(14)16-7-3-2-4-8-16)26-23-21(22(24)30)27-17-9-5-6-10-18(17)28-23;1-22(2)12-9-7-11(8-10-12)19-17-15(16(18)23)20-13-5-3-4-6-14(13)21-17;17-15(22)14-16(21-11-4-2-1-3-10(11)20-14)19-9-5-6-12-13(7-9)23-8-18-12;1-22-11-8-6-10(7-9-11)18-16-14(15(17)21)19-12-4-2-3-5-13(12)20-16;16-14(21)13-15(17-9-4-3-5-10(20)8-9)19-12-7-2-1-6-11(12)18-13/h2-13H,1H3,(H2,24,30)(H,26,28);3-10H,1-2H3,(H2,18,23)(H,19,21);1-8H,(H2,17,22)(H,19,21);2-9H,1H3,(H2,17,21)(H,18,20);1-8,20H,(H2,16,21)(H,17,19). The number of nitrogens with one attached hydrogen (secondary N) is 5. The molecular weight excluding hydrogens is 1530 g/mol. The number of nitrogens with zero attached hydrogens (tertiary/aromatic N) is 14. The number of aromatic nitrogens is 13. The molecule has 119 heavy (non-hydrogen) atoms. The lowest BCUT2D eigenvalue weighted by atomic mass is 10.2. The van der Waals surface area contributed by atoms with Crippen LogP contribution in [-0.2, 0) is 0 Å². The highest BCUT2D eigenvalue weighted by Crippen LogP contribution is 2.32. The topological polar surface area (TPSA) is 468 Å². The van der Waals surface area contributed by atoms with Crippen molar-refractivity contribution in [3.63, 3.8) is 0 Å². The molecule has 0 atom stereocenters. The monoisotopic (exact) mass is 1600 g/mol. The highest BCUT2D eigenvalue weighted by Gasteiger charge is 2.21. The van der Waals surface area contributed by atoms with Crippen LogP contribution in [0.25, 0.3) is 82.1 Å². The van der Waals surface area contributed by atoms with Crippen LogP contribution in [0.2, 0.25) is 0 Å². The Labute approximate surface area is 681 Å². The Hall–Kier alpha value is -16.8. The molecule has 0 aliphatic heterocycles. The number of phenols is 1. The first-order chi connectivity index (χ1) is 57.6. The van der Waals surface area contributed by atoms with E-state index in [2.05, 4.69) is 86.0 Å². The number of imidazole rings is 1. The van der Waals surface area contributed by atoms with Gasteiger partial charge in [-0.1, -0.05) is 84.9 Å². The number of hydrogen-bond acceptors (Lipinski definition) is 26. The van der Waals surface area contributed by atoms with Gasteiger partial charge in [0.15, 0.2) is 57.6 Å². The highest BCUT2D eigenvalue weighted by atomic mass is 32.1. The van der Waals surface area contributed by atoms with E-state index in [0.29, 0.717) is 84.1 Å². The first kappa shape index (κ1) is 78.9. The van der Waals surface area contributed by atoms with Gasteiger partial charge in [-0.05, 0) is 177 Å². The quantitative estimate of drug-likeness (QED) is 0.0380. The summed E-state index contributed by atoms with van der Waals surface area (Å²) in [6.07, 6.45) is 0. The summed E-state index contributed by atoms with van der Waals surface area (Å²) in [5, 5.41) is 24.9. The lowest BCUT2D eigenvalue weighted by Gasteiger charge is -2.14. The second-order valence-corrected chi connectivity index (χ2v) is 27.2. The van der Waals surface area contributed by atoms with Gasteiger partial charge < -0.3 is 70.0 Å². The number of rotatable bonds is 18. The van der Waals surface area contributed by atoms with Gasteiger partial charge in [0.2, 0.25) is 0 Å². The average molecular weight is 1600 g/mol. The minimum Gasteiger partial charge on any atom is -0.508 e. The molecule has 0 saturated heterocycles. The van der Waals surface area contributed by atoms with Gasteiger partial charge in [0, 0.05) is 60.0 Å². The van der Waals surface area contributed by atoms with E-state index in [4.69, 9.17) is 38.4 Å². The molecule has 0 aliphatic carbocycles. The van der Waals surface area contributed by atoms with Crippen LogP contribution >= 0.6 is 11.3 Å². The Morgan fingerprint density at radius 1 is 0.353 bits per heavy atom. The van der Waals surface area contributed by atoms with Crippen LogP contribution in [0.3, 0.4) is 0 Å². The number of para-hydroxylation sites is 11. The number of methoxy groups -OCH3 is 1. The molecule has 0 bridgehead atoms. The number of carbonyl (C=O) groups is 5. The van der Waals surface area contributed by atoms with Crippen LogP contribution in [-0.4, -0.2) is 120 Å². The lowest BCUT2D eigenvalue weighted by molar-refractivity contribution is 0.0988. The Morgan fingerprint density at radius 2 is 0.689 bits per heavy atom. The zero-order valence-electron chi connectivity index (χ0n) is 63.9. The molecule has 5 amide bonds. The second-order valence-electron chi connectivity index (χ2n) is 26.3. The third-order valence-corrected chi connectivity index (χ3v) is 18.6. The average Bonchev–Trinajstić information content (AvgIpc) is 1.69. The zero-order chi connectivity index (χ0) is 83.2. The summed E-state index contributed by atoms with van der Waals surface area (Å²) in [5.41, 5.74) is 44.5. The zero-order valence-corrected chi connectivity index (χ0v) is 64.7. The molecule has 0 spiro atoms. The molecular formula is C87H72N24O7S. The number of carbonyl (C=O) groups excluding carboxylic acids is 5. The van der Waals surface area contributed by atoms with E-state index in [1.807, 2.05) is 214 Å². The predicted octanol–water partition coefficient (Wildman–Crippen LogP) is 14.4. The summed E-state index contributed by atoms with van der Waals surface area (Å²) in [6, 6.07) is 79.7. The normalized spacial score (nSPS) is 10.7. The van der Waals surface area contributed by atoms with Crippen molar-refractivity contribution in [1.82, 2.24) is 64.4 Å². The molecule has 16 N–H and O–H groups in total. The van der Waals surface area contributed by atoms with Gasteiger partial charge in [-0.25, -0.2) is 59.8 Å². The number of primary amides is 5. The molecule has 0 saturated carbocycles. The number of nitrogens with two attached hydrogens (primary N) is 5. The molecule has 0 aliphatic rings. The number of thiazole rings is 1. The van der Waals surface area contributed by atoms with Gasteiger partial charge in [-0.15, -0.1) is 11.3 Å². The van der Waals surface area contributed by atoms with Crippen molar-refractivity contribution in [1.29, 1.82) is 0 Å². The fourth-order valence-corrected chi connectivity index (χ4v) is 12.9. The summed E-state index contributed by atoms with van der Waals surface area (Å²) < 4.78 is 8.26. The molecule has 588 valence electrons. The summed E-state index contributed by atoms with van der Waals surface area (Å²) in [4.78, 5) is 113. The Bertz CT molecular complexity index is 6860. The molecule has 0 radical (unpaired) electrons. The molecule has 18 rings (SSSR count). The van der Waals surface area contributed by atoms with Crippen molar-refractivity contribution >= 4 is 181 Å². The number of aryl methyl sites for hydroxylation is 1. The highest BCUT2D eigenvalue weighted by molar-refractivity contribution is 7.16. The molecule has 11 aromatic carbocycles. The molecule has 0 fully saturated rings. The van der Waals surface area contributed by atoms with Crippen molar-refractivity contribution in [2.24, 2.45) is 28.7 Å². The van der Waals surface area contributed by atoms with E-state index >= 15 is 0 Å². The number of amides is 5. The predicted molar refractivity (Wildman–Crippen MR) is 464 cm³/mol. The second kappa shape index (κ2) is 35.5. The number of phenolic OH excluding ortho intramolecular Hbond substituents is 1. The van der Waals surface area contributed by atoms with E-state index < -0.39 is 29.5 Å². The minimum atomic E-state index is -0.670. The number of ether oxygens (including phenoxy) is 1. The fraction of sp³-hybridized carbons (Fsp3) is 0.0460. The van der Waals surface area contributed by atoms with Crippen LogP contribution in [0.15, 0.2) is 266 Å².